The van der Waals surface area contributed by atoms with Crippen LogP contribution in [-0.2, 0) is 20.7 Å². The van der Waals surface area contributed by atoms with Crippen molar-refractivity contribution >= 4 is 23.2 Å². The van der Waals surface area contributed by atoms with Gasteiger partial charge in [0.15, 0.2) is 0 Å². The standard InChI is InChI=1S/C10H14N2O3S/c1-6(10(14)15-3)11-9(13)4-8-5-16-7(2)12-8/h5-6H,4H2,1-3H3,(H,11,13)/t6-/m0/s1. The van der Waals surface area contributed by atoms with Crippen LogP contribution in [0.15, 0.2) is 5.38 Å². The van der Waals surface area contributed by atoms with Crippen LogP contribution in [0, 0.1) is 6.92 Å². The third-order valence-corrected chi connectivity index (χ3v) is 2.76. The van der Waals surface area contributed by atoms with E-state index in [0.29, 0.717) is 0 Å². The molecule has 5 nitrogen and oxygen atoms in total. The molecule has 0 radical (unpaired) electrons. The van der Waals surface area contributed by atoms with Gasteiger partial charge in [-0.2, -0.15) is 0 Å². The van der Waals surface area contributed by atoms with Crippen molar-refractivity contribution in [3.63, 3.8) is 0 Å². The first-order chi connectivity index (χ1) is 7.52. The predicted molar refractivity (Wildman–Crippen MR) is 60.2 cm³/mol. The molecule has 0 saturated heterocycles. The number of aryl methyl sites for hydroxylation is 1. The summed E-state index contributed by atoms with van der Waals surface area (Å²) in [6.07, 6.45) is 0.186. The third-order valence-electron chi connectivity index (χ3n) is 1.94. The Labute approximate surface area is 97.8 Å². The first kappa shape index (κ1) is 12.6. The van der Waals surface area contributed by atoms with Gasteiger partial charge in [-0.05, 0) is 13.8 Å². The van der Waals surface area contributed by atoms with E-state index < -0.39 is 12.0 Å². The topological polar surface area (TPSA) is 68.3 Å². The Bertz CT molecular complexity index is 389. The van der Waals surface area contributed by atoms with Gasteiger partial charge in [-0.1, -0.05) is 0 Å². The second kappa shape index (κ2) is 5.60. The van der Waals surface area contributed by atoms with Crippen LogP contribution in [0.2, 0.25) is 0 Å². The minimum absolute atomic E-state index is 0.186. The van der Waals surface area contributed by atoms with Crippen LogP contribution < -0.4 is 5.32 Å². The molecule has 0 fully saturated rings. The number of rotatable bonds is 4. The lowest BCUT2D eigenvalue weighted by Crippen LogP contribution is -2.39. The quantitative estimate of drug-likeness (QED) is 0.788. The number of hydrogen-bond acceptors (Lipinski definition) is 5. The maximum absolute atomic E-state index is 11.5. The first-order valence-corrected chi connectivity index (χ1v) is 5.69. The van der Waals surface area contributed by atoms with E-state index in [1.165, 1.54) is 18.4 Å². The Kier molecular flexibility index (Phi) is 4.42. The number of hydrogen-bond donors (Lipinski definition) is 1. The fraction of sp³-hybridized carbons (Fsp3) is 0.500. The van der Waals surface area contributed by atoms with Crippen molar-refractivity contribution in [1.29, 1.82) is 0 Å². The number of aromatic nitrogens is 1. The Hall–Kier alpha value is -1.43. The summed E-state index contributed by atoms with van der Waals surface area (Å²) < 4.78 is 4.50. The van der Waals surface area contributed by atoms with Crippen molar-refractivity contribution < 1.29 is 14.3 Å². The van der Waals surface area contributed by atoms with Crippen molar-refractivity contribution in [2.45, 2.75) is 26.3 Å². The lowest BCUT2D eigenvalue weighted by molar-refractivity contribution is -0.144. The zero-order valence-electron chi connectivity index (χ0n) is 9.44. The molecule has 88 valence electrons. The fourth-order valence-electron chi connectivity index (χ4n) is 1.18. The first-order valence-electron chi connectivity index (χ1n) is 4.81. The molecule has 0 aliphatic carbocycles. The number of carbonyl (C=O) groups is 2. The number of amides is 1. The highest BCUT2D eigenvalue weighted by molar-refractivity contribution is 7.09. The van der Waals surface area contributed by atoms with E-state index in [-0.39, 0.29) is 12.3 Å². The number of nitrogens with zero attached hydrogens (tertiary/aromatic N) is 1. The lowest BCUT2D eigenvalue weighted by atomic mass is 10.3. The molecule has 6 heteroatoms. The van der Waals surface area contributed by atoms with Gasteiger partial charge in [-0.3, -0.25) is 4.79 Å². The second-order valence-electron chi connectivity index (χ2n) is 3.35. The van der Waals surface area contributed by atoms with Crippen LogP contribution in [0.1, 0.15) is 17.6 Å². The Morgan fingerprint density at radius 1 is 1.62 bits per heavy atom. The van der Waals surface area contributed by atoms with Crippen molar-refractivity contribution in [2.75, 3.05) is 7.11 Å². The molecule has 0 aliphatic rings. The molecule has 1 aromatic heterocycles. The molecule has 1 atom stereocenters. The van der Waals surface area contributed by atoms with Crippen LogP contribution in [0.4, 0.5) is 0 Å². The summed E-state index contributed by atoms with van der Waals surface area (Å²) in [4.78, 5) is 26.7. The molecule has 1 rings (SSSR count). The van der Waals surface area contributed by atoms with Crippen molar-refractivity contribution in [1.82, 2.24) is 10.3 Å². The van der Waals surface area contributed by atoms with Gasteiger partial charge in [-0.15, -0.1) is 11.3 Å². The highest BCUT2D eigenvalue weighted by atomic mass is 32.1. The Morgan fingerprint density at radius 3 is 2.81 bits per heavy atom. The molecular formula is C10H14N2O3S. The Balaban J connectivity index is 2.45. The van der Waals surface area contributed by atoms with E-state index in [1.54, 1.807) is 6.92 Å². The van der Waals surface area contributed by atoms with Gasteiger partial charge in [0.2, 0.25) is 5.91 Å². The van der Waals surface area contributed by atoms with Gasteiger partial charge in [0.25, 0.3) is 0 Å². The van der Waals surface area contributed by atoms with Crippen molar-refractivity contribution in [2.24, 2.45) is 0 Å². The number of nitrogens with one attached hydrogen (secondary N) is 1. The van der Waals surface area contributed by atoms with Crippen LogP contribution in [0.25, 0.3) is 0 Å². The predicted octanol–water partition coefficient (Wildman–Crippen LogP) is 0.672. The maximum Gasteiger partial charge on any atom is 0.328 e. The molecule has 16 heavy (non-hydrogen) atoms. The smallest absolute Gasteiger partial charge is 0.328 e. The van der Waals surface area contributed by atoms with Gasteiger partial charge in [-0.25, -0.2) is 9.78 Å². The molecule has 0 unspecified atom stereocenters. The SMILES string of the molecule is COC(=O)[C@H](C)NC(=O)Cc1csc(C)n1. The molecule has 0 bridgehead atoms. The fourth-order valence-corrected chi connectivity index (χ4v) is 1.79. The summed E-state index contributed by atoms with van der Waals surface area (Å²) in [6, 6.07) is -0.628. The van der Waals surface area contributed by atoms with E-state index in [9.17, 15) is 9.59 Å². The van der Waals surface area contributed by atoms with E-state index in [0.717, 1.165) is 10.7 Å². The highest BCUT2D eigenvalue weighted by Gasteiger charge is 2.16. The average Bonchev–Trinajstić information content (AvgIpc) is 2.62. The van der Waals surface area contributed by atoms with Gasteiger partial charge >= 0.3 is 5.97 Å². The summed E-state index contributed by atoms with van der Waals surface area (Å²) in [7, 11) is 1.29. The Morgan fingerprint density at radius 2 is 2.31 bits per heavy atom. The third kappa shape index (κ3) is 3.62. The number of ether oxygens (including phenoxy) is 1. The van der Waals surface area contributed by atoms with Crippen LogP contribution in [-0.4, -0.2) is 30.0 Å². The molecule has 1 aromatic rings. The number of carbonyl (C=O) groups excluding carboxylic acids is 2. The minimum Gasteiger partial charge on any atom is -0.467 e. The lowest BCUT2D eigenvalue weighted by Gasteiger charge is -2.10. The van der Waals surface area contributed by atoms with Crippen molar-refractivity contribution in [3.05, 3.63) is 16.1 Å². The molecule has 1 N–H and O–H groups in total. The zero-order chi connectivity index (χ0) is 12.1. The monoisotopic (exact) mass is 242 g/mol. The van der Waals surface area contributed by atoms with Crippen molar-refractivity contribution in [3.8, 4) is 0 Å². The van der Waals surface area contributed by atoms with E-state index >= 15 is 0 Å². The second-order valence-corrected chi connectivity index (χ2v) is 4.41. The maximum atomic E-state index is 11.5. The number of methoxy groups -OCH3 is 1. The normalized spacial score (nSPS) is 11.9. The van der Waals surface area contributed by atoms with Gasteiger partial charge in [0.1, 0.15) is 6.04 Å². The van der Waals surface area contributed by atoms with Gasteiger partial charge in [0, 0.05) is 5.38 Å². The minimum atomic E-state index is -0.628. The van der Waals surface area contributed by atoms with Crippen LogP contribution >= 0.6 is 11.3 Å². The molecule has 0 spiro atoms. The molecule has 1 heterocycles. The van der Waals surface area contributed by atoms with E-state index in [4.69, 9.17) is 0 Å². The summed E-state index contributed by atoms with van der Waals surface area (Å²) in [5, 5.41) is 5.29. The summed E-state index contributed by atoms with van der Waals surface area (Å²) in [5.41, 5.74) is 0.720. The zero-order valence-corrected chi connectivity index (χ0v) is 10.3. The van der Waals surface area contributed by atoms with Gasteiger partial charge in [0.05, 0.1) is 24.2 Å². The highest BCUT2D eigenvalue weighted by Crippen LogP contribution is 2.08. The largest absolute Gasteiger partial charge is 0.467 e. The molecule has 0 aliphatic heterocycles. The van der Waals surface area contributed by atoms with E-state index in [2.05, 4.69) is 15.0 Å². The molecule has 0 aromatic carbocycles. The van der Waals surface area contributed by atoms with E-state index in [1.807, 2.05) is 12.3 Å². The van der Waals surface area contributed by atoms with Gasteiger partial charge < -0.3 is 10.1 Å². The van der Waals surface area contributed by atoms with Crippen LogP contribution in [0.5, 0.6) is 0 Å². The molecule has 0 saturated carbocycles. The number of thiazole rings is 1. The number of esters is 1. The summed E-state index contributed by atoms with van der Waals surface area (Å²) in [5.74, 6) is -0.689. The molecule has 1 amide bonds. The molecular weight excluding hydrogens is 228 g/mol. The van der Waals surface area contributed by atoms with Crippen LogP contribution in [0.3, 0.4) is 0 Å². The average molecular weight is 242 g/mol. The summed E-state index contributed by atoms with van der Waals surface area (Å²) >= 11 is 1.49. The summed E-state index contributed by atoms with van der Waals surface area (Å²) in [6.45, 7) is 3.46.